The van der Waals surface area contributed by atoms with Crippen LogP contribution in [-0.2, 0) is 20.9 Å². The Morgan fingerprint density at radius 2 is 1.88 bits per heavy atom. The van der Waals surface area contributed by atoms with E-state index in [2.05, 4.69) is 0 Å². The first-order valence-electron chi connectivity index (χ1n) is 7.25. The van der Waals surface area contributed by atoms with E-state index in [0.29, 0.717) is 25.1 Å². The summed E-state index contributed by atoms with van der Waals surface area (Å²) < 4.78 is 31.7. The molecule has 26 heavy (non-hydrogen) atoms. The van der Waals surface area contributed by atoms with E-state index in [1.807, 2.05) is 6.07 Å². The fourth-order valence-electron chi connectivity index (χ4n) is 2.22. The highest BCUT2D eigenvalue weighted by Crippen LogP contribution is 2.20. The molecule has 0 saturated carbocycles. The van der Waals surface area contributed by atoms with Crippen LogP contribution < -0.4 is 11.5 Å². The van der Waals surface area contributed by atoms with E-state index in [0.717, 1.165) is 5.56 Å². The minimum atomic E-state index is -5.08. The molecule has 1 aromatic carbocycles. The average Bonchev–Trinajstić information content (AvgIpc) is 2.88. The van der Waals surface area contributed by atoms with Gasteiger partial charge in [-0.15, -0.1) is 0 Å². The standard InChI is InChI=1S/C13H16N4O2.C2HF3O2/c14-11(15)9-3-1-2-8(6-9)7-17-5-4-10(12(16)18)13(17)19;3-2(4,5)1(6)7/h1-3,6,10H,4-5,7H2,(H3,14,15)(H2,16,18);(H,6,7)/t10-;/m0./s1. The van der Waals surface area contributed by atoms with Crippen LogP contribution in [-0.4, -0.2) is 46.3 Å². The van der Waals surface area contributed by atoms with Crippen molar-refractivity contribution >= 4 is 23.6 Å². The van der Waals surface area contributed by atoms with Crippen molar-refractivity contribution in [1.82, 2.24) is 4.90 Å². The first kappa shape index (κ1) is 20.9. The molecule has 2 amide bonds. The second-order valence-corrected chi connectivity index (χ2v) is 5.42. The first-order valence-corrected chi connectivity index (χ1v) is 7.25. The van der Waals surface area contributed by atoms with E-state index in [1.165, 1.54) is 0 Å². The van der Waals surface area contributed by atoms with Crippen LogP contribution in [0.5, 0.6) is 0 Å². The number of carboxylic acid groups (broad SMARTS) is 1. The van der Waals surface area contributed by atoms with Crippen molar-refractivity contribution in [3.63, 3.8) is 0 Å². The van der Waals surface area contributed by atoms with Crippen LogP contribution in [0.4, 0.5) is 13.2 Å². The number of carboxylic acids is 1. The van der Waals surface area contributed by atoms with Gasteiger partial charge >= 0.3 is 12.1 Å². The number of carbonyl (C=O) groups is 3. The molecular weight excluding hydrogens is 357 g/mol. The molecule has 0 aromatic heterocycles. The summed E-state index contributed by atoms with van der Waals surface area (Å²) in [6, 6.07) is 7.16. The number of amides is 2. The van der Waals surface area contributed by atoms with E-state index >= 15 is 0 Å². The number of halogens is 3. The number of likely N-dealkylation sites (tertiary alicyclic amines) is 1. The largest absolute Gasteiger partial charge is 0.490 e. The fraction of sp³-hybridized carbons (Fsp3) is 0.333. The first-order chi connectivity index (χ1) is 11.9. The number of primary amides is 1. The van der Waals surface area contributed by atoms with E-state index < -0.39 is 24.0 Å². The van der Waals surface area contributed by atoms with Gasteiger partial charge in [0, 0.05) is 18.7 Å². The van der Waals surface area contributed by atoms with Crippen LogP contribution in [0.2, 0.25) is 0 Å². The molecule has 6 N–H and O–H groups in total. The van der Waals surface area contributed by atoms with E-state index in [1.54, 1.807) is 23.1 Å². The van der Waals surface area contributed by atoms with Crippen LogP contribution in [0, 0.1) is 11.3 Å². The zero-order valence-corrected chi connectivity index (χ0v) is 13.4. The molecule has 142 valence electrons. The number of aliphatic carboxylic acids is 1. The molecule has 1 aromatic rings. The molecule has 0 bridgehead atoms. The Morgan fingerprint density at radius 3 is 2.31 bits per heavy atom. The molecule has 0 unspecified atom stereocenters. The highest BCUT2D eigenvalue weighted by molar-refractivity contribution is 6.01. The molecule has 11 heteroatoms. The van der Waals surface area contributed by atoms with E-state index in [9.17, 15) is 22.8 Å². The molecule has 1 aliphatic rings. The number of nitrogen functional groups attached to an aromatic ring is 1. The highest BCUT2D eigenvalue weighted by Gasteiger charge is 2.38. The van der Waals surface area contributed by atoms with Crippen molar-refractivity contribution in [2.45, 2.75) is 19.1 Å². The van der Waals surface area contributed by atoms with Gasteiger partial charge in [-0.25, -0.2) is 4.79 Å². The number of carbonyl (C=O) groups excluding carboxylic acids is 2. The number of rotatable bonds is 4. The lowest BCUT2D eigenvalue weighted by molar-refractivity contribution is -0.192. The molecular formula is C15H17F3N4O4. The van der Waals surface area contributed by atoms with Gasteiger partial charge in [0.25, 0.3) is 0 Å². The zero-order chi connectivity index (χ0) is 20.1. The van der Waals surface area contributed by atoms with Crippen LogP contribution in [0.15, 0.2) is 24.3 Å². The van der Waals surface area contributed by atoms with Crippen molar-refractivity contribution in [2.24, 2.45) is 17.4 Å². The number of benzene rings is 1. The topological polar surface area (TPSA) is 151 Å². The Kier molecular flexibility index (Phi) is 6.70. The third-order valence-electron chi connectivity index (χ3n) is 3.49. The zero-order valence-electron chi connectivity index (χ0n) is 13.4. The SMILES string of the molecule is N=C(N)c1cccc(CN2CC[C@@H](C(N)=O)C2=O)c1.O=C(O)C(F)(F)F. The molecule has 2 rings (SSSR count). The predicted octanol–water partition coefficient (Wildman–Crippen LogP) is 0.438. The molecule has 8 nitrogen and oxygen atoms in total. The fourth-order valence-corrected chi connectivity index (χ4v) is 2.22. The van der Waals surface area contributed by atoms with Gasteiger partial charge < -0.3 is 21.5 Å². The van der Waals surface area contributed by atoms with Gasteiger partial charge in [0.2, 0.25) is 11.8 Å². The Hall–Kier alpha value is -3.11. The van der Waals surface area contributed by atoms with E-state index in [-0.39, 0.29) is 11.7 Å². The van der Waals surface area contributed by atoms with Crippen LogP contribution in [0.25, 0.3) is 0 Å². The average molecular weight is 374 g/mol. The van der Waals surface area contributed by atoms with Crippen molar-refractivity contribution < 1.29 is 32.7 Å². The number of nitrogens with zero attached hydrogens (tertiary/aromatic N) is 1. The smallest absolute Gasteiger partial charge is 0.475 e. The third-order valence-corrected chi connectivity index (χ3v) is 3.49. The highest BCUT2D eigenvalue weighted by atomic mass is 19.4. The van der Waals surface area contributed by atoms with Crippen LogP contribution in [0.1, 0.15) is 17.5 Å². The quantitative estimate of drug-likeness (QED) is 0.342. The van der Waals surface area contributed by atoms with E-state index in [4.69, 9.17) is 26.8 Å². The second-order valence-electron chi connectivity index (χ2n) is 5.42. The van der Waals surface area contributed by atoms with Gasteiger partial charge in [-0.1, -0.05) is 18.2 Å². The predicted molar refractivity (Wildman–Crippen MR) is 83.9 cm³/mol. The Bertz CT molecular complexity index is 721. The van der Waals surface area contributed by atoms with Gasteiger partial charge in [-0.05, 0) is 18.1 Å². The molecule has 1 aliphatic heterocycles. The summed E-state index contributed by atoms with van der Waals surface area (Å²) >= 11 is 0. The molecule has 0 spiro atoms. The lowest BCUT2D eigenvalue weighted by Crippen LogP contribution is -2.33. The summed E-state index contributed by atoms with van der Waals surface area (Å²) in [5.74, 6) is -4.25. The minimum absolute atomic E-state index is 0.00962. The summed E-state index contributed by atoms with van der Waals surface area (Å²) in [4.78, 5) is 33.5. The summed E-state index contributed by atoms with van der Waals surface area (Å²) in [5.41, 5.74) is 12.1. The maximum Gasteiger partial charge on any atom is 0.490 e. The number of hydrogen-bond acceptors (Lipinski definition) is 4. The maximum atomic E-state index is 11.9. The van der Waals surface area contributed by atoms with Gasteiger partial charge in [-0.2, -0.15) is 13.2 Å². The Balaban J connectivity index is 0.000000412. The van der Waals surface area contributed by atoms with Crippen LogP contribution in [0.3, 0.4) is 0 Å². The molecule has 0 aliphatic carbocycles. The number of nitrogens with one attached hydrogen (secondary N) is 1. The van der Waals surface area contributed by atoms with Gasteiger partial charge in [-0.3, -0.25) is 15.0 Å². The van der Waals surface area contributed by atoms with Crippen molar-refractivity contribution in [1.29, 1.82) is 5.41 Å². The summed E-state index contributed by atoms with van der Waals surface area (Å²) in [5, 5.41) is 14.5. The normalized spacial score (nSPS) is 16.7. The second kappa shape index (κ2) is 8.32. The minimum Gasteiger partial charge on any atom is -0.475 e. The summed E-state index contributed by atoms with van der Waals surface area (Å²) in [6.07, 6.45) is -4.61. The lowest BCUT2D eigenvalue weighted by Gasteiger charge is -2.16. The molecule has 0 radical (unpaired) electrons. The van der Waals surface area contributed by atoms with Crippen LogP contribution >= 0.6 is 0 Å². The monoisotopic (exact) mass is 374 g/mol. The molecule has 1 fully saturated rings. The van der Waals surface area contributed by atoms with Crippen molar-refractivity contribution in [3.05, 3.63) is 35.4 Å². The van der Waals surface area contributed by atoms with Crippen molar-refractivity contribution in [3.8, 4) is 0 Å². The Labute approximate surface area is 146 Å². The summed E-state index contributed by atoms with van der Waals surface area (Å²) in [7, 11) is 0. The summed E-state index contributed by atoms with van der Waals surface area (Å²) in [6.45, 7) is 0.931. The molecule has 1 heterocycles. The van der Waals surface area contributed by atoms with Gasteiger partial charge in [0.15, 0.2) is 0 Å². The molecule has 1 saturated heterocycles. The Morgan fingerprint density at radius 1 is 1.31 bits per heavy atom. The number of amidine groups is 1. The third kappa shape index (κ3) is 5.76. The van der Waals surface area contributed by atoms with Gasteiger partial charge in [0.1, 0.15) is 11.8 Å². The van der Waals surface area contributed by atoms with Gasteiger partial charge in [0.05, 0.1) is 0 Å². The lowest BCUT2D eigenvalue weighted by atomic mass is 10.1. The number of nitrogens with two attached hydrogens (primary N) is 2. The van der Waals surface area contributed by atoms with Crippen molar-refractivity contribution in [2.75, 3.05) is 6.54 Å². The number of hydrogen-bond donors (Lipinski definition) is 4. The number of alkyl halides is 3. The maximum absolute atomic E-state index is 11.9. The molecule has 1 atom stereocenters.